The molecule has 0 spiro atoms. The molecule has 18 heterocycles. The van der Waals surface area contributed by atoms with Crippen molar-refractivity contribution < 1.29 is 94.1 Å². The average Bonchev–Trinajstić information content (AvgIpc) is 1.61. The molecule has 0 radical (unpaired) electrons. The van der Waals surface area contributed by atoms with Gasteiger partial charge >= 0.3 is 0 Å². The second kappa shape index (κ2) is 46.7. The summed E-state index contributed by atoms with van der Waals surface area (Å²) in [4.78, 5) is 49.8. The van der Waals surface area contributed by atoms with Gasteiger partial charge in [0.1, 0.15) is 106 Å². The Kier molecular flexibility index (Phi) is 37.2. The predicted molar refractivity (Wildman–Crippen MR) is 604 cm³/mol. The molecule has 6 aliphatic rings. The van der Waals surface area contributed by atoms with Crippen molar-refractivity contribution >= 4 is 254 Å². The molecule has 0 amide bonds. The molecule has 18 rings (SSSR count). The number of aromatic amines is 1. The molecule has 0 aromatic carbocycles. The third-order valence-electron chi connectivity index (χ3n) is 25.3. The molecule has 6 unspecified atom stereocenters. The predicted octanol–water partition coefficient (Wildman–Crippen LogP) is 7.94. The lowest BCUT2D eigenvalue weighted by Crippen LogP contribution is -2.32. The van der Waals surface area contributed by atoms with E-state index in [2.05, 4.69) is 216 Å². The Morgan fingerprint density at radius 2 is 0.614 bits per heavy atom. The van der Waals surface area contributed by atoms with E-state index in [4.69, 9.17) is 86.6 Å². The fourth-order valence-electron chi connectivity index (χ4n) is 17.4. The molecule has 0 saturated carbocycles. The highest BCUT2D eigenvalue weighted by molar-refractivity contribution is 14.1. The van der Waals surface area contributed by atoms with Crippen molar-refractivity contribution in [3.63, 3.8) is 0 Å². The number of hydrogen-bond donors (Lipinski definition) is 19. The monoisotopic (exact) mass is 2360 g/mol. The SMILES string of the molecule is C=P(C)(C)CC[C@H]1OC(n2c(=S)[nH]c3c(N)ccnc32)[C@H](O)[C@@H]1O.C=P(C)(C)CC[C@H]1OC(n2c(Br)nc3c(N)ccnc32)[C@H](O)[C@@H]1O.C=P(C)(C)CC[C@H]1OC(n2c(Cl)nc3c(N)ccnc32)[C@H](O)[C@@H]1O.C=P(C)(C)CC[C@H]1OC(n2c(F)nc3c(N)ccnc32)[C@H](O)[C@@H]1O.C=P(C)(C)CC[C@H]1OC(n2c(I)nc3c(N)ccnc32)[C@H](O)[C@@H]1O.C=P(C)(C)CC[C@H]1OC(n2c(SC)nc3c(N)ccnc32)[C@H](O)[C@@H]1O. The number of imidazole rings is 6. The Hall–Kier alpha value is -6.40. The van der Waals surface area contributed by atoms with Gasteiger partial charge in [-0.25, -0.2) is 49.8 Å². The van der Waals surface area contributed by atoms with Gasteiger partial charge in [-0.05, 0) is 238 Å². The number of halogens is 4. The molecule has 6 aliphatic heterocycles. The number of aromatic nitrogens is 18. The van der Waals surface area contributed by atoms with Crippen molar-refractivity contribution in [2.75, 3.05) is 158 Å². The van der Waals surface area contributed by atoms with Gasteiger partial charge in [-0.3, -0.25) is 27.4 Å². The van der Waals surface area contributed by atoms with E-state index in [-0.39, 0.29) is 22.1 Å². The van der Waals surface area contributed by atoms with Crippen molar-refractivity contribution in [1.29, 1.82) is 0 Å². The van der Waals surface area contributed by atoms with Crippen LogP contribution in [0.4, 0.5) is 38.5 Å². The molecule has 54 heteroatoms. The van der Waals surface area contributed by atoms with Crippen LogP contribution in [0.1, 0.15) is 75.9 Å². The van der Waals surface area contributed by atoms with E-state index in [0.717, 1.165) is 41.5 Å². The van der Waals surface area contributed by atoms with Crippen LogP contribution >= 0.6 is 115 Å². The van der Waals surface area contributed by atoms with Crippen molar-refractivity contribution in [1.82, 2.24) is 87.2 Å². The van der Waals surface area contributed by atoms with Crippen LogP contribution in [0.2, 0.25) is 5.28 Å². The van der Waals surface area contributed by atoms with Crippen LogP contribution in [0, 0.1) is 14.7 Å². The topological polar surface area (TPSA) is 641 Å². The molecule has 798 valence electrons. The van der Waals surface area contributed by atoms with Gasteiger partial charge in [-0.15, -0.1) is 79.1 Å². The number of hydrogen-bond acceptors (Lipinski definition) is 37. The number of ether oxygens (including phenoxy) is 6. The van der Waals surface area contributed by atoms with E-state index in [0.29, 0.717) is 141 Å². The van der Waals surface area contributed by atoms with Gasteiger partial charge in [0, 0.05) is 59.8 Å². The number of anilines is 6. The zero-order valence-electron chi connectivity index (χ0n) is 82.9. The molecule has 6 saturated heterocycles. The van der Waals surface area contributed by atoms with Gasteiger partial charge in [0.2, 0.25) is 5.28 Å². The van der Waals surface area contributed by atoms with Gasteiger partial charge < -0.3 is 129 Å². The van der Waals surface area contributed by atoms with Gasteiger partial charge in [0.05, 0.1) is 70.7 Å². The van der Waals surface area contributed by atoms with Crippen molar-refractivity contribution in [2.45, 2.75) is 191 Å². The summed E-state index contributed by atoms with van der Waals surface area (Å²) in [7, 11) is 0. The van der Waals surface area contributed by atoms with Gasteiger partial charge in [-0.2, -0.15) is 9.37 Å². The maximum Gasteiger partial charge on any atom is 0.293 e. The number of aliphatic hydroxyl groups is 12. The number of nitrogens with one attached hydrogen (secondary N) is 1. The number of nitrogens with zero attached hydrogens (tertiary/aromatic N) is 17. The zero-order chi connectivity index (χ0) is 107. The highest BCUT2D eigenvalue weighted by Crippen LogP contribution is 2.49. The quantitative estimate of drug-likeness (QED) is 0.0112. The van der Waals surface area contributed by atoms with Crippen LogP contribution in [-0.2, 0) is 28.4 Å². The number of rotatable bonds is 25. The Morgan fingerprint density at radius 1 is 0.366 bits per heavy atom. The summed E-state index contributed by atoms with van der Waals surface area (Å²) in [5.74, 6) is 0. The first-order chi connectivity index (χ1) is 67.7. The molecule has 0 bridgehead atoms. The summed E-state index contributed by atoms with van der Waals surface area (Å²) in [6.45, 7) is 18.0. The van der Waals surface area contributed by atoms with Crippen molar-refractivity contribution in [3.05, 3.63) is 98.3 Å². The van der Waals surface area contributed by atoms with Crippen molar-refractivity contribution in [2.24, 2.45) is 0 Å². The molecule has 25 N–H and O–H groups in total. The number of nitrogen functional groups attached to an aromatic ring is 6. The first-order valence-electron chi connectivity index (χ1n) is 46.4. The number of thioether (sulfide) groups is 1. The first-order valence-corrected chi connectivity index (χ1v) is 68.6. The standard InChI is InChI=1S/C16H25N4O3PS.C15H22BrN4O3P.C15H22ClN4O3P.C15H22FN4O3P.C15H22IN4O3P.C15H23N4O3PS/c1-24(2,3)8-6-10-12(21)13(22)15(23-10)20-14-11(19-16(20)25-4)9(17)5-7-18-14;4*1-24(2,3)7-5-9-11(21)12(22)14(23-9)20-13-10(19-15(20)16)8(17)4-6-18-13;1-23(2,3)7-5-9-11(20)12(21)14(22-9)19-13-10(18-15(19)24)8(16)4-6-17-13/h5,7,10,12-13,15,21-22H,1,6,8H2,2-4H3,(H2,17,18);4*4,6,9,11-12,14,21-22H,1,5,7H2,2-3H3,(H2,17,18);4,6,9,11-12,14,20-21H,1,5,7H2,2-3H3,(H2,16,17)(H,18,24)/t10-,12-,13-,15?;5*9-,11-,12-,14?/m111111/s1. The highest BCUT2D eigenvalue weighted by Gasteiger charge is 2.52. The van der Waals surface area contributed by atoms with E-state index in [1.54, 1.807) is 73.4 Å². The highest BCUT2D eigenvalue weighted by atomic mass is 127. The summed E-state index contributed by atoms with van der Waals surface area (Å²) in [5, 5.41) is 126. The molecule has 24 atom stereocenters. The van der Waals surface area contributed by atoms with E-state index in [9.17, 15) is 65.7 Å². The minimum atomic E-state index is -1.29. The lowest BCUT2D eigenvalue weighted by Gasteiger charge is -2.19. The van der Waals surface area contributed by atoms with E-state index in [1.807, 2.05) is 6.26 Å². The molecule has 0 aliphatic carbocycles. The Bertz CT molecular complexity index is 6480. The van der Waals surface area contributed by atoms with Gasteiger partial charge in [0.15, 0.2) is 89.7 Å². The molecule has 145 heavy (non-hydrogen) atoms. The average molecular weight is 2370 g/mol. The molecular weight excluding hydrogens is 2230 g/mol. The molecule has 12 aromatic heterocycles. The van der Waals surface area contributed by atoms with E-state index >= 15 is 0 Å². The minimum Gasteiger partial charge on any atom is -0.397 e. The summed E-state index contributed by atoms with van der Waals surface area (Å²) in [5.41, 5.74) is 43.9. The summed E-state index contributed by atoms with van der Waals surface area (Å²) in [6, 6.07) is 9.84. The lowest BCUT2D eigenvalue weighted by molar-refractivity contribution is -0.0413. The lowest BCUT2D eigenvalue weighted by atomic mass is 10.1. The Labute approximate surface area is 875 Å². The summed E-state index contributed by atoms with van der Waals surface area (Å²) >= 11 is 18.4. The molecule has 12 aromatic rings. The van der Waals surface area contributed by atoms with Crippen LogP contribution < -0.4 is 34.4 Å². The number of aliphatic hydroxyl groups excluding tert-OH is 12. The van der Waals surface area contributed by atoms with Gasteiger partial charge in [-0.1, -0.05) is 11.8 Å². The minimum absolute atomic E-state index is 0.109. The fourth-order valence-corrected chi connectivity index (χ4v) is 25.5. The normalized spacial score (nSPS) is 27.8. The van der Waals surface area contributed by atoms with E-state index in [1.165, 1.54) is 34.8 Å². The molecule has 42 nitrogen and oxygen atoms in total. The fraction of sp³-hybridized carbons (Fsp3) is 0.538. The summed E-state index contributed by atoms with van der Waals surface area (Å²) in [6.07, 6.45) is 23.8. The summed E-state index contributed by atoms with van der Waals surface area (Å²) < 4.78 is 60.4. The Morgan fingerprint density at radius 3 is 0.952 bits per heavy atom. The number of pyridine rings is 6. The molecule has 6 fully saturated rings. The van der Waals surface area contributed by atoms with Crippen molar-refractivity contribution in [3.8, 4) is 0 Å². The Balaban J connectivity index is 0.000000146. The smallest absolute Gasteiger partial charge is 0.293 e. The van der Waals surface area contributed by atoms with Crippen LogP contribution in [0.25, 0.3) is 67.0 Å². The van der Waals surface area contributed by atoms with Crippen LogP contribution in [0.15, 0.2) is 83.5 Å². The number of H-pyrrole nitrogens is 1. The zero-order valence-corrected chi connectivity index (χ0v) is 94.4. The largest absolute Gasteiger partial charge is 0.397 e. The van der Waals surface area contributed by atoms with Gasteiger partial charge in [0.25, 0.3) is 6.08 Å². The van der Waals surface area contributed by atoms with Crippen LogP contribution in [0.5, 0.6) is 0 Å². The third kappa shape index (κ3) is 26.7. The molecular formula is C91H136BrClFIN24O18P6S2. The first kappa shape index (κ1) is 116. The number of nitrogens with two attached hydrogens (primary N) is 6. The number of fused-ring (bicyclic) bond motifs is 6. The third-order valence-corrected chi connectivity index (χ3v) is 36.7. The van der Waals surface area contributed by atoms with Crippen LogP contribution in [0.3, 0.4) is 0 Å². The maximum absolute atomic E-state index is 14.3. The van der Waals surface area contributed by atoms with Crippen LogP contribution in [-0.4, -0.2) is 419 Å². The maximum atomic E-state index is 14.3. The van der Waals surface area contributed by atoms with E-state index < -0.39 is 195 Å². The second-order valence-electron chi connectivity index (χ2n) is 41.2. The second-order valence-corrected chi connectivity index (χ2v) is 70.3.